The van der Waals surface area contributed by atoms with E-state index in [9.17, 15) is 18.4 Å². The van der Waals surface area contributed by atoms with E-state index in [2.05, 4.69) is 5.32 Å². The summed E-state index contributed by atoms with van der Waals surface area (Å²) in [6.45, 7) is -0.110. The Kier molecular flexibility index (Phi) is 4.16. The minimum atomic E-state index is -0.703. The van der Waals surface area contributed by atoms with E-state index in [1.54, 1.807) is 12.1 Å². The van der Waals surface area contributed by atoms with Gasteiger partial charge < -0.3 is 15.0 Å². The summed E-state index contributed by atoms with van der Waals surface area (Å²) >= 11 is 0. The fourth-order valence-corrected chi connectivity index (χ4v) is 2.41. The van der Waals surface area contributed by atoms with Gasteiger partial charge in [0.25, 0.3) is 11.8 Å². The molecule has 5 nitrogen and oxygen atoms in total. The predicted octanol–water partition coefficient (Wildman–Crippen LogP) is 2.57. The maximum atomic E-state index is 13.7. The number of benzene rings is 2. The molecule has 124 valence electrons. The molecule has 0 fully saturated rings. The van der Waals surface area contributed by atoms with Gasteiger partial charge in [0.2, 0.25) is 0 Å². The number of hydrogen-bond acceptors (Lipinski definition) is 3. The van der Waals surface area contributed by atoms with Crippen molar-refractivity contribution in [2.24, 2.45) is 0 Å². The predicted molar refractivity (Wildman–Crippen MR) is 82.7 cm³/mol. The number of halogens is 2. The second-order valence-electron chi connectivity index (χ2n) is 5.44. The molecule has 1 heterocycles. The third-order valence-corrected chi connectivity index (χ3v) is 3.63. The maximum Gasteiger partial charge on any atom is 0.262 e. The highest BCUT2D eigenvalue weighted by atomic mass is 19.1. The molecular weight excluding hydrogens is 318 g/mol. The summed E-state index contributed by atoms with van der Waals surface area (Å²) in [4.78, 5) is 25.0. The molecule has 24 heavy (non-hydrogen) atoms. The normalized spacial score (nSPS) is 12.9. The molecule has 0 aliphatic carbocycles. The van der Waals surface area contributed by atoms with E-state index in [0.717, 1.165) is 12.1 Å². The number of rotatable bonds is 3. The molecule has 0 atom stereocenters. The molecule has 1 N–H and O–H groups in total. The average molecular weight is 332 g/mol. The van der Waals surface area contributed by atoms with Crippen molar-refractivity contribution in [3.05, 3.63) is 59.2 Å². The van der Waals surface area contributed by atoms with Crippen molar-refractivity contribution >= 4 is 17.5 Å². The molecule has 3 rings (SSSR count). The fourth-order valence-electron chi connectivity index (χ4n) is 2.41. The number of nitrogens with zero attached hydrogens (tertiary/aromatic N) is 1. The molecule has 1 aliphatic heterocycles. The van der Waals surface area contributed by atoms with Crippen LogP contribution in [-0.4, -0.2) is 30.4 Å². The number of fused-ring (bicyclic) bond motifs is 1. The second-order valence-corrected chi connectivity index (χ2v) is 5.44. The van der Waals surface area contributed by atoms with Crippen molar-refractivity contribution in [2.45, 2.75) is 6.54 Å². The van der Waals surface area contributed by atoms with E-state index in [1.165, 1.54) is 24.1 Å². The smallest absolute Gasteiger partial charge is 0.262 e. The van der Waals surface area contributed by atoms with Gasteiger partial charge in [-0.2, -0.15) is 0 Å². The molecular formula is C17H14F2N2O3. The lowest BCUT2D eigenvalue weighted by molar-refractivity contribution is -0.118. The van der Waals surface area contributed by atoms with E-state index >= 15 is 0 Å². The van der Waals surface area contributed by atoms with E-state index in [-0.39, 0.29) is 30.5 Å². The molecule has 0 unspecified atom stereocenters. The Labute approximate surface area is 136 Å². The summed E-state index contributed by atoms with van der Waals surface area (Å²) in [5, 5.41) is 2.63. The fraction of sp³-hybridized carbons (Fsp3) is 0.176. The van der Waals surface area contributed by atoms with Crippen LogP contribution in [0.5, 0.6) is 5.75 Å². The summed E-state index contributed by atoms with van der Waals surface area (Å²) in [6, 6.07) is 7.88. The summed E-state index contributed by atoms with van der Waals surface area (Å²) in [7, 11) is 1.52. The minimum absolute atomic E-state index is 0.000373. The Morgan fingerprint density at radius 3 is 2.79 bits per heavy atom. The first-order valence-corrected chi connectivity index (χ1v) is 7.20. The number of amides is 2. The standard InChI is InChI=1S/C17H14F2N2O3/c1-21(8-11-2-4-12(18)7-13(11)19)17(23)10-3-5-14-15(6-10)24-9-16(22)20-14/h2-7H,8-9H2,1H3,(H,20,22). The van der Waals surface area contributed by atoms with Gasteiger partial charge in [0.15, 0.2) is 6.61 Å². The van der Waals surface area contributed by atoms with Crippen LogP contribution in [0.1, 0.15) is 15.9 Å². The molecule has 0 spiro atoms. The van der Waals surface area contributed by atoms with Crippen molar-refractivity contribution in [3.63, 3.8) is 0 Å². The van der Waals surface area contributed by atoms with Crippen LogP contribution in [0, 0.1) is 11.6 Å². The Morgan fingerprint density at radius 2 is 2.04 bits per heavy atom. The highest BCUT2D eigenvalue weighted by Crippen LogP contribution is 2.29. The van der Waals surface area contributed by atoms with Gasteiger partial charge >= 0.3 is 0 Å². The largest absolute Gasteiger partial charge is 0.482 e. The van der Waals surface area contributed by atoms with Crippen molar-refractivity contribution in [1.82, 2.24) is 4.90 Å². The van der Waals surface area contributed by atoms with Gasteiger partial charge in [-0.1, -0.05) is 6.07 Å². The third-order valence-electron chi connectivity index (χ3n) is 3.63. The van der Waals surface area contributed by atoms with Crippen LogP contribution >= 0.6 is 0 Å². The Morgan fingerprint density at radius 1 is 1.25 bits per heavy atom. The molecule has 2 amide bonds. The van der Waals surface area contributed by atoms with Crippen LogP contribution in [-0.2, 0) is 11.3 Å². The molecule has 0 saturated carbocycles. The molecule has 2 aromatic carbocycles. The van der Waals surface area contributed by atoms with Crippen LogP contribution in [0.25, 0.3) is 0 Å². The van der Waals surface area contributed by atoms with Gasteiger partial charge in [-0.25, -0.2) is 8.78 Å². The number of nitrogens with one attached hydrogen (secondary N) is 1. The van der Waals surface area contributed by atoms with E-state index in [0.29, 0.717) is 17.0 Å². The van der Waals surface area contributed by atoms with Gasteiger partial charge in [-0.15, -0.1) is 0 Å². The van der Waals surface area contributed by atoms with Crippen LogP contribution in [0.15, 0.2) is 36.4 Å². The van der Waals surface area contributed by atoms with Crippen molar-refractivity contribution in [3.8, 4) is 5.75 Å². The van der Waals surface area contributed by atoms with Crippen LogP contribution < -0.4 is 10.1 Å². The average Bonchev–Trinajstić information content (AvgIpc) is 2.56. The first kappa shape index (κ1) is 15.9. The summed E-state index contributed by atoms with van der Waals surface area (Å²) in [5.74, 6) is -1.57. The summed E-state index contributed by atoms with van der Waals surface area (Å²) in [6.07, 6.45) is 0. The third kappa shape index (κ3) is 3.19. The Hall–Kier alpha value is -2.96. The number of carbonyl (C=O) groups is 2. The van der Waals surface area contributed by atoms with Crippen molar-refractivity contribution < 1.29 is 23.1 Å². The molecule has 1 aliphatic rings. The van der Waals surface area contributed by atoms with E-state index in [1.807, 2.05) is 0 Å². The maximum absolute atomic E-state index is 13.7. The first-order valence-electron chi connectivity index (χ1n) is 7.20. The van der Waals surface area contributed by atoms with Crippen molar-refractivity contribution in [2.75, 3.05) is 19.0 Å². The zero-order valence-electron chi connectivity index (χ0n) is 12.8. The van der Waals surface area contributed by atoms with Gasteiger partial charge in [-0.05, 0) is 24.3 Å². The monoisotopic (exact) mass is 332 g/mol. The zero-order valence-corrected chi connectivity index (χ0v) is 12.8. The lowest BCUT2D eigenvalue weighted by atomic mass is 10.1. The van der Waals surface area contributed by atoms with Gasteiger partial charge in [0, 0.05) is 30.8 Å². The number of ether oxygens (including phenoxy) is 1. The summed E-state index contributed by atoms with van der Waals surface area (Å²) < 4.78 is 31.9. The SMILES string of the molecule is CN(Cc1ccc(F)cc1F)C(=O)c1ccc2c(c1)OCC(=O)N2. The van der Waals surface area contributed by atoms with Crippen LogP contribution in [0.3, 0.4) is 0 Å². The van der Waals surface area contributed by atoms with Crippen molar-refractivity contribution in [1.29, 1.82) is 0 Å². The Balaban J connectivity index is 1.77. The molecule has 0 radical (unpaired) electrons. The lowest BCUT2D eigenvalue weighted by Gasteiger charge is -2.21. The van der Waals surface area contributed by atoms with Crippen LogP contribution in [0.2, 0.25) is 0 Å². The quantitative estimate of drug-likeness (QED) is 0.940. The Bertz CT molecular complexity index is 823. The topological polar surface area (TPSA) is 58.6 Å². The van der Waals surface area contributed by atoms with Gasteiger partial charge in [-0.3, -0.25) is 9.59 Å². The molecule has 2 aromatic rings. The van der Waals surface area contributed by atoms with E-state index < -0.39 is 11.6 Å². The highest BCUT2D eigenvalue weighted by Gasteiger charge is 2.20. The molecule has 7 heteroatoms. The number of anilines is 1. The van der Waals surface area contributed by atoms with Crippen LogP contribution in [0.4, 0.5) is 14.5 Å². The molecule has 0 saturated heterocycles. The number of carbonyl (C=O) groups excluding carboxylic acids is 2. The highest BCUT2D eigenvalue weighted by molar-refractivity contribution is 5.98. The van der Waals surface area contributed by atoms with Gasteiger partial charge in [0.05, 0.1) is 5.69 Å². The second kappa shape index (κ2) is 6.27. The zero-order chi connectivity index (χ0) is 17.3. The molecule has 0 aromatic heterocycles. The molecule has 0 bridgehead atoms. The van der Waals surface area contributed by atoms with Gasteiger partial charge in [0.1, 0.15) is 17.4 Å². The summed E-state index contributed by atoms with van der Waals surface area (Å²) in [5.41, 5.74) is 1.05. The first-order chi connectivity index (χ1) is 11.4. The lowest BCUT2D eigenvalue weighted by Crippen LogP contribution is -2.28. The number of hydrogen-bond donors (Lipinski definition) is 1. The minimum Gasteiger partial charge on any atom is -0.482 e. The van der Waals surface area contributed by atoms with E-state index in [4.69, 9.17) is 4.74 Å².